The van der Waals surface area contributed by atoms with Gasteiger partial charge in [0.1, 0.15) is 0 Å². The van der Waals surface area contributed by atoms with Crippen LogP contribution < -0.4 is 4.72 Å². The summed E-state index contributed by atoms with van der Waals surface area (Å²) in [5.41, 5.74) is 0. The van der Waals surface area contributed by atoms with Crippen molar-refractivity contribution in [1.82, 2.24) is 9.03 Å². The Labute approximate surface area is 131 Å². The molecule has 1 aromatic rings. The molecule has 0 aliphatic rings. The Morgan fingerprint density at radius 1 is 1.19 bits per heavy atom. The predicted molar refractivity (Wildman–Crippen MR) is 83.3 cm³/mol. The molecule has 9 heteroatoms. The van der Waals surface area contributed by atoms with Gasteiger partial charge in [0.15, 0.2) is 0 Å². The topological polar surface area (TPSA) is 83.6 Å². The van der Waals surface area contributed by atoms with Crippen molar-refractivity contribution in [1.29, 1.82) is 0 Å². The van der Waals surface area contributed by atoms with Crippen LogP contribution in [-0.2, 0) is 20.0 Å². The van der Waals surface area contributed by atoms with Gasteiger partial charge in [-0.25, -0.2) is 25.9 Å². The van der Waals surface area contributed by atoms with Gasteiger partial charge in [0.05, 0.1) is 11.2 Å². The Morgan fingerprint density at radius 2 is 1.86 bits per heavy atom. The van der Waals surface area contributed by atoms with Crippen molar-refractivity contribution >= 4 is 31.6 Å². The average molecular weight is 355 g/mol. The first-order valence-corrected chi connectivity index (χ1v) is 10.1. The largest absolute Gasteiger partial charge is 0.240 e. The van der Waals surface area contributed by atoms with Crippen molar-refractivity contribution in [3.8, 4) is 0 Å². The van der Waals surface area contributed by atoms with E-state index >= 15 is 0 Å². The molecule has 120 valence electrons. The van der Waals surface area contributed by atoms with Gasteiger partial charge in [0, 0.05) is 24.7 Å². The van der Waals surface area contributed by atoms with Gasteiger partial charge >= 0.3 is 0 Å². The SMILES string of the molecule is CCCN(CCNS(=O)(=O)c1cccc(Cl)c1)S(C)(=O)=O. The van der Waals surface area contributed by atoms with E-state index < -0.39 is 20.0 Å². The van der Waals surface area contributed by atoms with Crippen molar-refractivity contribution in [2.45, 2.75) is 18.2 Å². The molecular formula is C12H19ClN2O4S2. The van der Waals surface area contributed by atoms with E-state index in [9.17, 15) is 16.8 Å². The fourth-order valence-corrected chi connectivity index (χ4v) is 3.97. The second-order valence-electron chi connectivity index (χ2n) is 4.52. The van der Waals surface area contributed by atoms with Crippen LogP contribution in [0.15, 0.2) is 29.2 Å². The van der Waals surface area contributed by atoms with E-state index in [-0.39, 0.29) is 18.0 Å². The molecule has 0 saturated heterocycles. The Bertz CT molecular complexity index is 674. The first-order valence-electron chi connectivity index (χ1n) is 6.37. The van der Waals surface area contributed by atoms with Gasteiger partial charge in [-0.2, -0.15) is 0 Å². The Kier molecular flexibility index (Phi) is 6.61. The van der Waals surface area contributed by atoms with E-state index in [0.29, 0.717) is 18.0 Å². The molecule has 1 N–H and O–H groups in total. The standard InChI is InChI=1S/C12H19ClN2O4S2/c1-3-8-15(20(2,16)17)9-7-14-21(18,19)12-6-4-5-11(13)10-12/h4-6,10,14H,3,7-9H2,1-2H3. The number of rotatable bonds is 8. The lowest BCUT2D eigenvalue weighted by Crippen LogP contribution is -2.38. The molecule has 0 radical (unpaired) electrons. The summed E-state index contributed by atoms with van der Waals surface area (Å²) in [4.78, 5) is 0.0522. The molecule has 0 unspecified atom stereocenters. The molecular weight excluding hydrogens is 336 g/mol. The van der Waals surface area contributed by atoms with Crippen LogP contribution in [0.4, 0.5) is 0 Å². The minimum Gasteiger partial charge on any atom is -0.213 e. The maximum Gasteiger partial charge on any atom is 0.240 e. The Morgan fingerprint density at radius 3 is 2.38 bits per heavy atom. The summed E-state index contributed by atoms with van der Waals surface area (Å²) in [5.74, 6) is 0. The summed E-state index contributed by atoms with van der Waals surface area (Å²) in [6, 6.07) is 5.88. The molecule has 0 atom stereocenters. The monoisotopic (exact) mass is 354 g/mol. The first-order chi connectivity index (χ1) is 9.66. The molecule has 0 heterocycles. The van der Waals surface area contributed by atoms with Gasteiger partial charge in [0.2, 0.25) is 20.0 Å². The van der Waals surface area contributed by atoms with Crippen molar-refractivity contribution in [3.63, 3.8) is 0 Å². The fraction of sp³-hybridized carbons (Fsp3) is 0.500. The number of sulfonamides is 2. The summed E-state index contributed by atoms with van der Waals surface area (Å²) >= 11 is 5.76. The van der Waals surface area contributed by atoms with E-state index in [0.717, 1.165) is 6.26 Å². The van der Waals surface area contributed by atoms with Gasteiger partial charge in [0.25, 0.3) is 0 Å². The summed E-state index contributed by atoms with van der Waals surface area (Å²) in [6.07, 6.45) is 1.77. The molecule has 1 rings (SSSR count). The maximum atomic E-state index is 12.0. The zero-order chi connectivity index (χ0) is 16.1. The van der Waals surface area contributed by atoms with Crippen LogP contribution >= 0.6 is 11.6 Å². The van der Waals surface area contributed by atoms with Crippen molar-refractivity contribution in [2.24, 2.45) is 0 Å². The van der Waals surface area contributed by atoms with Gasteiger partial charge in [-0.3, -0.25) is 0 Å². The van der Waals surface area contributed by atoms with E-state index in [4.69, 9.17) is 11.6 Å². The third-order valence-corrected chi connectivity index (χ3v) is 5.70. The summed E-state index contributed by atoms with van der Waals surface area (Å²) in [5, 5.41) is 0.321. The highest BCUT2D eigenvalue weighted by molar-refractivity contribution is 7.89. The van der Waals surface area contributed by atoms with Gasteiger partial charge in [-0.1, -0.05) is 24.6 Å². The zero-order valence-electron chi connectivity index (χ0n) is 11.9. The summed E-state index contributed by atoms with van der Waals surface area (Å²) in [6.45, 7) is 2.31. The van der Waals surface area contributed by atoms with Crippen LogP contribution in [0, 0.1) is 0 Å². The summed E-state index contributed by atoms with van der Waals surface area (Å²) < 4.78 is 50.7. The van der Waals surface area contributed by atoms with Crippen LogP contribution in [0.2, 0.25) is 5.02 Å². The average Bonchev–Trinajstić information content (AvgIpc) is 2.36. The lowest BCUT2D eigenvalue weighted by atomic mass is 10.4. The summed E-state index contributed by atoms with van der Waals surface area (Å²) in [7, 11) is -7.03. The number of benzene rings is 1. The number of hydrogen-bond acceptors (Lipinski definition) is 4. The van der Waals surface area contributed by atoms with Crippen LogP contribution in [0.3, 0.4) is 0 Å². The molecule has 6 nitrogen and oxygen atoms in total. The fourth-order valence-electron chi connectivity index (χ4n) is 1.72. The zero-order valence-corrected chi connectivity index (χ0v) is 14.3. The lowest BCUT2D eigenvalue weighted by Gasteiger charge is -2.19. The van der Waals surface area contributed by atoms with Crippen LogP contribution in [0.1, 0.15) is 13.3 Å². The number of hydrogen-bond donors (Lipinski definition) is 1. The third kappa shape index (κ3) is 5.91. The Hall–Kier alpha value is -0.670. The highest BCUT2D eigenvalue weighted by Gasteiger charge is 2.18. The number of halogens is 1. The number of nitrogens with one attached hydrogen (secondary N) is 1. The molecule has 0 aliphatic heterocycles. The van der Waals surface area contributed by atoms with Crippen molar-refractivity contribution in [2.75, 3.05) is 25.9 Å². The van der Waals surface area contributed by atoms with E-state index in [1.807, 2.05) is 6.92 Å². The molecule has 0 fully saturated rings. The second-order valence-corrected chi connectivity index (χ2v) is 8.70. The molecule has 0 bridgehead atoms. The van der Waals surface area contributed by atoms with Crippen LogP contribution in [0.25, 0.3) is 0 Å². The molecule has 1 aromatic carbocycles. The predicted octanol–water partition coefficient (Wildman–Crippen LogP) is 1.29. The molecule has 0 aliphatic carbocycles. The Balaban J connectivity index is 2.70. The highest BCUT2D eigenvalue weighted by Crippen LogP contribution is 2.15. The maximum absolute atomic E-state index is 12.0. The van der Waals surface area contributed by atoms with Crippen LogP contribution in [-0.4, -0.2) is 47.0 Å². The van der Waals surface area contributed by atoms with Crippen molar-refractivity contribution < 1.29 is 16.8 Å². The van der Waals surface area contributed by atoms with Crippen molar-refractivity contribution in [3.05, 3.63) is 29.3 Å². The van der Waals surface area contributed by atoms with Gasteiger partial charge < -0.3 is 0 Å². The molecule has 0 amide bonds. The first kappa shape index (κ1) is 18.4. The molecule has 21 heavy (non-hydrogen) atoms. The molecule has 0 spiro atoms. The molecule has 0 saturated carbocycles. The smallest absolute Gasteiger partial charge is 0.213 e. The number of nitrogens with zero attached hydrogens (tertiary/aromatic N) is 1. The van der Waals surface area contributed by atoms with E-state index in [2.05, 4.69) is 4.72 Å². The van der Waals surface area contributed by atoms with E-state index in [1.165, 1.54) is 22.5 Å². The highest BCUT2D eigenvalue weighted by atomic mass is 35.5. The van der Waals surface area contributed by atoms with E-state index in [1.54, 1.807) is 6.07 Å². The minimum atomic E-state index is -3.69. The van der Waals surface area contributed by atoms with Crippen LogP contribution in [0.5, 0.6) is 0 Å². The third-order valence-electron chi connectivity index (χ3n) is 2.70. The quantitative estimate of drug-likeness (QED) is 0.762. The van der Waals surface area contributed by atoms with Gasteiger partial charge in [-0.15, -0.1) is 0 Å². The lowest BCUT2D eigenvalue weighted by molar-refractivity contribution is 0.416. The normalized spacial score (nSPS) is 12.8. The van der Waals surface area contributed by atoms with Gasteiger partial charge in [-0.05, 0) is 24.6 Å². The second kappa shape index (κ2) is 7.55. The molecule has 0 aromatic heterocycles. The minimum absolute atomic E-state index is 0.00190.